The monoisotopic (exact) mass is 520 g/mol. The van der Waals surface area contributed by atoms with Crippen LogP contribution in [0.1, 0.15) is 0 Å². The molecule has 24 heavy (non-hydrogen) atoms. The van der Waals surface area contributed by atoms with Crippen molar-refractivity contribution in [2.75, 3.05) is 69.0 Å². The Labute approximate surface area is 200 Å². The van der Waals surface area contributed by atoms with Gasteiger partial charge in [-0.1, -0.05) is 0 Å². The first kappa shape index (κ1) is 29.7. The lowest BCUT2D eigenvalue weighted by Gasteiger charge is -2.15. The van der Waals surface area contributed by atoms with Crippen molar-refractivity contribution < 1.29 is 0 Å². The Morgan fingerprint density at radius 3 is 1.21 bits per heavy atom. The number of thiol groups is 6. The Balaban J connectivity index is 0. The first-order valence-electron chi connectivity index (χ1n) is 7.73. The smallest absolute Gasteiger partial charge is 0.0229 e. The van der Waals surface area contributed by atoms with Crippen LogP contribution in [0.4, 0.5) is 0 Å². The molecule has 0 aromatic carbocycles. The fourth-order valence-corrected chi connectivity index (χ4v) is 7.74. The summed E-state index contributed by atoms with van der Waals surface area (Å²) >= 11 is 33.1. The van der Waals surface area contributed by atoms with Crippen molar-refractivity contribution in [3.63, 3.8) is 0 Å². The SMILES string of the molecule is SCCSC(CS)CS.SCCSCC(CSCCS)SCCS. The molecule has 0 aliphatic heterocycles. The van der Waals surface area contributed by atoms with Crippen molar-refractivity contribution in [2.24, 2.45) is 0 Å². The highest BCUT2D eigenvalue weighted by atomic mass is 32.2. The van der Waals surface area contributed by atoms with E-state index in [0.717, 1.165) is 62.8 Å². The van der Waals surface area contributed by atoms with Crippen molar-refractivity contribution in [3.05, 3.63) is 0 Å². The average molecular weight is 521 g/mol. The van der Waals surface area contributed by atoms with Gasteiger partial charge < -0.3 is 0 Å². The van der Waals surface area contributed by atoms with E-state index >= 15 is 0 Å². The fourth-order valence-electron chi connectivity index (χ4n) is 1.30. The van der Waals surface area contributed by atoms with Crippen molar-refractivity contribution in [3.8, 4) is 0 Å². The Bertz CT molecular complexity index is 206. The molecular formula is C14H32S10. The zero-order valence-corrected chi connectivity index (χ0v) is 22.6. The molecule has 0 unspecified atom stereocenters. The molecule has 0 aromatic heterocycles. The van der Waals surface area contributed by atoms with Gasteiger partial charge in [-0.2, -0.15) is 123 Å². The van der Waals surface area contributed by atoms with Gasteiger partial charge in [-0.05, 0) is 23.0 Å². The molecular weight excluding hydrogens is 489 g/mol. The molecule has 0 N–H and O–H groups in total. The minimum absolute atomic E-state index is 0.601. The lowest BCUT2D eigenvalue weighted by molar-refractivity contribution is 1.14. The highest BCUT2D eigenvalue weighted by molar-refractivity contribution is 8.06. The first-order chi connectivity index (χ1) is 11.7. The second-order valence-corrected chi connectivity index (χ2v) is 12.0. The number of rotatable bonds is 16. The van der Waals surface area contributed by atoms with Crippen LogP contribution < -0.4 is 0 Å². The van der Waals surface area contributed by atoms with E-state index in [1.807, 2.05) is 35.3 Å². The van der Waals surface area contributed by atoms with E-state index in [2.05, 4.69) is 87.5 Å². The van der Waals surface area contributed by atoms with Crippen LogP contribution in [-0.2, 0) is 0 Å². The maximum atomic E-state index is 4.26. The molecule has 10 heteroatoms. The van der Waals surface area contributed by atoms with Gasteiger partial charge in [-0.15, -0.1) is 0 Å². The lowest BCUT2D eigenvalue weighted by Crippen LogP contribution is -2.12. The van der Waals surface area contributed by atoms with Crippen molar-refractivity contribution in [1.82, 2.24) is 0 Å². The summed E-state index contributed by atoms with van der Waals surface area (Å²) < 4.78 is 0. The third-order valence-electron chi connectivity index (χ3n) is 2.38. The largest absolute Gasteiger partial charge is 0.179 e. The van der Waals surface area contributed by atoms with E-state index in [0.29, 0.717) is 5.25 Å². The van der Waals surface area contributed by atoms with Crippen LogP contribution in [0.3, 0.4) is 0 Å². The molecule has 148 valence electrons. The predicted molar refractivity (Wildman–Crippen MR) is 150 cm³/mol. The van der Waals surface area contributed by atoms with Gasteiger partial charge in [0.05, 0.1) is 0 Å². The Kier molecular flexibility index (Phi) is 32.8. The van der Waals surface area contributed by atoms with Crippen molar-refractivity contribution in [1.29, 1.82) is 0 Å². The second-order valence-electron chi connectivity index (χ2n) is 4.40. The average Bonchev–Trinajstić information content (AvgIpc) is 2.61. The van der Waals surface area contributed by atoms with E-state index in [9.17, 15) is 0 Å². The van der Waals surface area contributed by atoms with E-state index in [4.69, 9.17) is 0 Å². The normalized spacial score (nSPS) is 11.0. The number of thioether (sulfide) groups is 4. The quantitative estimate of drug-likeness (QED) is 0.122. The number of hydrogen-bond acceptors (Lipinski definition) is 10. The summed E-state index contributed by atoms with van der Waals surface area (Å²) in [5.74, 6) is 12.8. The van der Waals surface area contributed by atoms with Gasteiger partial charge in [0.1, 0.15) is 0 Å². The molecule has 0 rings (SSSR count). The van der Waals surface area contributed by atoms with Gasteiger partial charge in [0.2, 0.25) is 0 Å². The van der Waals surface area contributed by atoms with Crippen LogP contribution in [-0.4, -0.2) is 79.5 Å². The van der Waals surface area contributed by atoms with Crippen LogP contribution in [0.5, 0.6) is 0 Å². The molecule has 0 saturated carbocycles. The second kappa shape index (κ2) is 26.5. The Morgan fingerprint density at radius 2 is 0.875 bits per heavy atom. The van der Waals surface area contributed by atoms with Gasteiger partial charge in [0, 0.05) is 56.5 Å². The lowest BCUT2D eigenvalue weighted by atomic mass is 10.5. The van der Waals surface area contributed by atoms with Crippen LogP contribution in [0.15, 0.2) is 0 Å². The Morgan fingerprint density at radius 1 is 0.500 bits per heavy atom. The molecule has 0 aromatic rings. The van der Waals surface area contributed by atoms with Gasteiger partial charge in [-0.3, -0.25) is 0 Å². The highest BCUT2D eigenvalue weighted by Crippen LogP contribution is 2.21. The molecule has 0 radical (unpaired) electrons. The van der Waals surface area contributed by atoms with E-state index < -0.39 is 0 Å². The molecule has 0 spiro atoms. The standard InChI is InChI=1S/C9H20S6.C5H12S4/c10-1-4-13-7-9(15-6-3-12)8-14-5-2-11;6-1-2-9-5(3-7)4-8/h9-12H,1-8H2;5-8H,1-4H2. The minimum Gasteiger partial charge on any atom is -0.179 e. The zero-order valence-electron chi connectivity index (χ0n) is 14.0. The fraction of sp³-hybridized carbons (Fsp3) is 1.00. The van der Waals surface area contributed by atoms with Crippen LogP contribution in [0.25, 0.3) is 0 Å². The van der Waals surface area contributed by atoms with Gasteiger partial charge in [0.15, 0.2) is 0 Å². The summed E-state index contributed by atoms with van der Waals surface area (Å²) in [4.78, 5) is 0. The van der Waals surface area contributed by atoms with E-state index in [1.165, 1.54) is 11.5 Å². The maximum absolute atomic E-state index is 4.26. The van der Waals surface area contributed by atoms with E-state index in [1.54, 1.807) is 0 Å². The Hall–Kier alpha value is 3.50. The summed E-state index contributed by atoms with van der Waals surface area (Å²) in [6.07, 6.45) is 0. The maximum Gasteiger partial charge on any atom is 0.0229 e. The summed E-state index contributed by atoms with van der Waals surface area (Å²) in [6.45, 7) is 0. The highest BCUT2D eigenvalue weighted by Gasteiger charge is 2.08. The molecule has 0 nitrogen and oxygen atoms in total. The molecule has 0 saturated heterocycles. The zero-order chi connectivity index (χ0) is 18.5. The van der Waals surface area contributed by atoms with Gasteiger partial charge in [-0.25, -0.2) is 0 Å². The molecule has 0 aliphatic carbocycles. The molecule has 0 atom stereocenters. The molecule has 0 aliphatic rings. The summed E-state index contributed by atoms with van der Waals surface area (Å²) in [5.41, 5.74) is 0. The molecule has 0 heterocycles. The molecule has 0 bridgehead atoms. The van der Waals surface area contributed by atoms with E-state index in [-0.39, 0.29) is 0 Å². The van der Waals surface area contributed by atoms with Crippen LogP contribution in [0, 0.1) is 0 Å². The topological polar surface area (TPSA) is 0 Å². The molecule has 0 amide bonds. The first-order valence-corrected chi connectivity index (χ1v) is 15.9. The van der Waals surface area contributed by atoms with Crippen molar-refractivity contribution >= 4 is 123 Å². The summed E-state index contributed by atoms with van der Waals surface area (Å²) in [6, 6.07) is 0. The van der Waals surface area contributed by atoms with Gasteiger partial charge >= 0.3 is 0 Å². The molecule has 0 fully saturated rings. The minimum atomic E-state index is 0.601. The number of hydrogen-bond donors (Lipinski definition) is 6. The third-order valence-corrected chi connectivity index (χ3v) is 11.0. The van der Waals surface area contributed by atoms with Crippen LogP contribution in [0.2, 0.25) is 0 Å². The van der Waals surface area contributed by atoms with Crippen LogP contribution >= 0.6 is 123 Å². The summed E-state index contributed by atoms with van der Waals surface area (Å²) in [5, 5.41) is 1.37. The third kappa shape index (κ3) is 23.5. The predicted octanol–water partition coefficient (Wildman–Crippen LogP) is 5.22. The summed E-state index contributed by atoms with van der Waals surface area (Å²) in [7, 11) is 0. The van der Waals surface area contributed by atoms with Crippen molar-refractivity contribution in [2.45, 2.75) is 10.5 Å². The van der Waals surface area contributed by atoms with Gasteiger partial charge in [0.25, 0.3) is 0 Å².